The lowest BCUT2D eigenvalue weighted by Crippen LogP contribution is -2.26. The lowest BCUT2D eigenvalue weighted by Gasteiger charge is -2.16. The van der Waals surface area contributed by atoms with E-state index in [9.17, 15) is 18.0 Å². The Morgan fingerprint density at radius 3 is 2.32 bits per heavy atom. The Balaban J connectivity index is 1.81. The van der Waals surface area contributed by atoms with Crippen LogP contribution in [0.15, 0.2) is 59.7 Å². The Kier molecular flexibility index (Phi) is 7.35. The van der Waals surface area contributed by atoms with Gasteiger partial charge in [-0.1, -0.05) is 23.5 Å². The highest BCUT2D eigenvalue weighted by Crippen LogP contribution is 2.38. The Morgan fingerprint density at radius 2 is 1.70 bits per heavy atom. The van der Waals surface area contributed by atoms with Crippen LogP contribution in [-0.2, 0) is 6.18 Å². The molecule has 0 unspecified atom stereocenters. The first-order chi connectivity index (χ1) is 17.6. The van der Waals surface area contributed by atoms with Crippen LogP contribution in [0.4, 0.5) is 18.3 Å². The number of hydrogen-bond donors (Lipinski definition) is 0. The van der Waals surface area contributed by atoms with Gasteiger partial charge in [0.2, 0.25) is 10.9 Å². The van der Waals surface area contributed by atoms with Crippen molar-refractivity contribution >= 4 is 38.8 Å². The first-order valence-electron chi connectivity index (χ1n) is 10.9. The number of benzene rings is 3. The number of rotatable bonds is 7. The van der Waals surface area contributed by atoms with Crippen LogP contribution in [0.2, 0.25) is 0 Å². The van der Waals surface area contributed by atoms with E-state index in [0.717, 1.165) is 27.4 Å². The van der Waals surface area contributed by atoms with Crippen LogP contribution in [0.25, 0.3) is 10.2 Å². The third kappa shape index (κ3) is 5.51. The third-order valence-electron chi connectivity index (χ3n) is 5.35. The van der Waals surface area contributed by atoms with E-state index in [-0.39, 0.29) is 10.7 Å². The summed E-state index contributed by atoms with van der Waals surface area (Å²) >= 11 is 1.20. The molecule has 0 atom stereocenters. The van der Waals surface area contributed by atoms with Crippen molar-refractivity contribution in [3.05, 3.63) is 76.9 Å². The number of hydrogen-bond acceptors (Lipinski definition) is 7. The van der Waals surface area contributed by atoms with Crippen molar-refractivity contribution in [3.63, 3.8) is 0 Å². The first-order valence-corrected chi connectivity index (χ1v) is 11.7. The van der Waals surface area contributed by atoms with Crippen LogP contribution in [0.3, 0.4) is 0 Å². The van der Waals surface area contributed by atoms with Crippen LogP contribution in [-0.4, -0.2) is 38.4 Å². The second kappa shape index (κ2) is 10.5. The van der Waals surface area contributed by atoms with Crippen molar-refractivity contribution in [3.8, 4) is 17.2 Å². The number of amides is 1. The van der Waals surface area contributed by atoms with E-state index in [4.69, 9.17) is 14.2 Å². The van der Waals surface area contributed by atoms with Crippen LogP contribution in [0.1, 0.15) is 27.0 Å². The SMILES string of the molecule is COc1cc(/C=N/N(C(=O)c2cccc(C(F)(F)F)c2)c2nc3ccc(C)cc3s2)cc(OC)c1OC. The van der Waals surface area contributed by atoms with E-state index < -0.39 is 17.6 Å². The number of thiazole rings is 1. The van der Waals surface area contributed by atoms with Gasteiger partial charge in [0.1, 0.15) is 0 Å². The van der Waals surface area contributed by atoms with E-state index in [1.165, 1.54) is 51.0 Å². The van der Waals surface area contributed by atoms with E-state index in [1.807, 2.05) is 19.1 Å². The molecule has 1 amide bonds. The zero-order valence-electron chi connectivity index (χ0n) is 20.3. The molecule has 37 heavy (non-hydrogen) atoms. The molecule has 0 saturated heterocycles. The molecule has 11 heteroatoms. The number of alkyl halides is 3. The van der Waals surface area contributed by atoms with Crippen molar-refractivity contribution in [1.82, 2.24) is 4.98 Å². The van der Waals surface area contributed by atoms with E-state index in [0.29, 0.717) is 28.3 Å². The molecule has 0 saturated carbocycles. The van der Waals surface area contributed by atoms with Crippen LogP contribution < -0.4 is 19.2 Å². The lowest BCUT2D eigenvalue weighted by atomic mass is 10.1. The summed E-state index contributed by atoms with van der Waals surface area (Å²) in [6.45, 7) is 1.92. The fourth-order valence-corrected chi connectivity index (χ4v) is 4.57. The van der Waals surface area contributed by atoms with Gasteiger partial charge in [0.05, 0.1) is 43.3 Å². The number of anilines is 1. The molecular weight excluding hydrogens is 507 g/mol. The molecule has 0 aliphatic carbocycles. The molecule has 0 bridgehead atoms. The number of methoxy groups -OCH3 is 3. The van der Waals surface area contributed by atoms with Crippen molar-refractivity contribution in [2.75, 3.05) is 26.3 Å². The molecule has 1 aromatic heterocycles. The largest absolute Gasteiger partial charge is 0.493 e. The standard InChI is InChI=1S/C26H22F3N3O4S/c1-15-8-9-19-22(10-15)37-25(31-19)32(24(33)17-6-5-7-18(13-17)26(27,28)29)30-14-16-11-20(34-2)23(36-4)21(12-16)35-3/h5-14H,1-4H3/b30-14+. The summed E-state index contributed by atoms with van der Waals surface area (Å²) in [6.07, 6.45) is -3.23. The van der Waals surface area contributed by atoms with Gasteiger partial charge < -0.3 is 14.2 Å². The number of carbonyl (C=O) groups is 1. The molecule has 4 aromatic rings. The molecule has 7 nitrogen and oxygen atoms in total. The number of hydrazone groups is 1. The molecule has 0 radical (unpaired) electrons. The third-order valence-corrected chi connectivity index (χ3v) is 6.35. The molecule has 4 rings (SSSR count). The normalized spacial score (nSPS) is 11.6. The summed E-state index contributed by atoms with van der Waals surface area (Å²) in [7, 11) is 4.40. The van der Waals surface area contributed by atoms with Gasteiger partial charge in [0, 0.05) is 11.1 Å². The topological polar surface area (TPSA) is 73.2 Å². The number of nitrogens with zero attached hydrogens (tertiary/aromatic N) is 3. The number of carbonyl (C=O) groups excluding carboxylic acids is 1. The lowest BCUT2D eigenvalue weighted by molar-refractivity contribution is -0.137. The van der Waals surface area contributed by atoms with Crippen LogP contribution in [0.5, 0.6) is 17.2 Å². The highest BCUT2D eigenvalue weighted by Gasteiger charge is 2.32. The maximum Gasteiger partial charge on any atom is 0.416 e. The van der Waals surface area contributed by atoms with Crippen molar-refractivity contribution in [2.24, 2.45) is 5.10 Å². The highest BCUT2D eigenvalue weighted by atomic mass is 32.1. The summed E-state index contributed by atoms with van der Waals surface area (Å²) < 4.78 is 56.8. The Morgan fingerprint density at radius 1 is 1.00 bits per heavy atom. The van der Waals surface area contributed by atoms with Crippen LogP contribution >= 0.6 is 11.3 Å². The van der Waals surface area contributed by atoms with E-state index >= 15 is 0 Å². The van der Waals surface area contributed by atoms with Crippen LogP contribution in [0, 0.1) is 6.92 Å². The van der Waals surface area contributed by atoms with E-state index in [1.54, 1.807) is 18.2 Å². The molecule has 3 aromatic carbocycles. The van der Waals surface area contributed by atoms with Gasteiger partial charge >= 0.3 is 6.18 Å². The van der Waals surface area contributed by atoms with Crippen molar-refractivity contribution < 1.29 is 32.2 Å². The zero-order valence-corrected chi connectivity index (χ0v) is 21.1. The smallest absolute Gasteiger partial charge is 0.416 e. The molecule has 0 fully saturated rings. The minimum Gasteiger partial charge on any atom is -0.493 e. The number of aromatic nitrogens is 1. The highest BCUT2D eigenvalue weighted by molar-refractivity contribution is 7.22. The van der Waals surface area contributed by atoms with Crippen molar-refractivity contribution in [2.45, 2.75) is 13.1 Å². The Hall–Kier alpha value is -4.12. The molecule has 0 aliphatic heterocycles. The summed E-state index contributed by atoms with van der Waals surface area (Å²) in [4.78, 5) is 18.0. The zero-order chi connectivity index (χ0) is 26.7. The summed E-state index contributed by atoms with van der Waals surface area (Å²) in [5.41, 5.74) is 1.00. The Bertz CT molecular complexity index is 1460. The minimum absolute atomic E-state index is 0.188. The quantitative estimate of drug-likeness (QED) is 0.207. The average Bonchev–Trinajstić information content (AvgIpc) is 3.30. The second-order valence-electron chi connectivity index (χ2n) is 7.87. The van der Waals surface area contributed by atoms with Crippen molar-refractivity contribution in [1.29, 1.82) is 0 Å². The average molecular weight is 530 g/mol. The fraction of sp³-hybridized carbons (Fsp3) is 0.192. The maximum absolute atomic E-state index is 13.5. The number of ether oxygens (including phenoxy) is 3. The minimum atomic E-state index is -4.60. The summed E-state index contributed by atoms with van der Waals surface area (Å²) in [5.74, 6) is 0.343. The number of fused-ring (bicyclic) bond motifs is 1. The first kappa shape index (κ1) is 26.0. The molecule has 0 aliphatic rings. The molecular formula is C26H22F3N3O4S. The van der Waals surface area contributed by atoms with E-state index in [2.05, 4.69) is 10.1 Å². The van der Waals surface area contributed by atoms with Gasteiger partial charge in [-0.2, -0.15) is 23.3 Å². The number of aryl methyl sites for hydroxylation is 1. The van der Waals surface area contributed by atoms with Gasteiger partial charge in [-0.15, -0.1) is 0 Å². The predicted octanol–water partition coefficient (Wildman–Crippen LogP) is 6.33. The van der Waals surface area contributed by atoms with Gasteiger partial charge in [-0.25, -0.2) is 4.98 Å². The summed E-state index contributed by atoms with van der Waals surface area (Å²) in [6, 6.07) is 13.0. The van der Waals surface area contributed by atoms with Gasteiger partial charge in [0.25, 0.3) is 5.91 Å². The molecule has 0 spiro atoms. The van der Waals surface area contributed by atoms with Gasteiger partial charge in [-0.05, 0) is 55.0 Å². The number of halogens is 3. The molecule has 0 N–H and O–H groups in total. The molecule has 1 heterocycles. The second-order valence-corrected chi connectivity index (χ2v) is 8.88. The van der Waals surface area contributed by atoms with Gasteiger partial charge in [0.15, 0.2) is 11.5 Å². The summed E-state index contributed by atoms with van der Waals surface area (Å²) in [5, 5.41) is 5.52. The van der Waals surface area contributed by atoms with Gasteiger partial charge in [-0.3, -0.25) is 4.79 Å². The maximum atomic E-state index is 13.5. The monoisotopic (exact) mass is 529 g/mol. The predicted molar refractivity (Wildman–Crippen MR) is 136 cm³/mol. The molecule has 192 valence electrons. The Labute approximate surface area is 214 Å². The fourth-order valence-electron chi connectivity index (χ4n) is 3.55.